The Labute approximate surface area is 152 Å². The van der Waals surface area contributed by atoms with E-state index >= 15 is 0 Å². The second-order valence-electron chi connectivity index (χ2n) is 6.57. The average Bonchev–Trinajstić information content (AvgIpc) is 3.07. The first-order chi connectivity index (χ1) is 12.3. The van der Waals surface area contributed by atoms with Gasteiger partial charge in [-0.1, -0.05) is 24.3 Å². The maximum absolute atomic E-state index is 10.9. The van der Waals surface area contributed by atoms with Crippen LogP contribution in [-0.4, -0.2) is 34.2 Å². The number of hydrogen-bond donors (Lipinski definition) is 2. The minimum Gasteiger partial charge on any atom is -0.388 e. The van der Waals surface area contributed by atoms with Gasteiger partial charge in [-0.05, 0) is 67.9 Å². The lowest BCUT2D eigenvalue weighted by atomic mass is 9.88. The predicted molar refractivity (Wildman–Crippen MR) is 103 cm³/mol. The third-order valence-electron chi connectivity index (χ3n) is 5.04. The van der Waals surface area contributed by atoms with Crippen LogP contribution in [0.5, 0.6) is 0 Å². The molecule has 4 nitrogen and oxygen atoms in total. The topological polar surface area (TPSA) is 50.1 Å². The van der Waals surface area contributed by atoms with Crippen molar-refractivity contribution in [2.75, 3.05) is 19.3 Å². The Hall–Kier alpha value is -1.82. The van der Waals surface area contributed by atoms with Gasteiger partial charge in [-0.3, -0.25) is 0 Å². The van der Waals surface area contributed by atoms with Gasteiger partial charge >= 0.3 is 0 Å². The highest BCUT2D eigenvalue weighted by Gasteiger charge is 2.24. The predicted octanol–water partition coefficient (Wildman–Crippen LogP) is 3.78. The molecule has 3 aromatic rings. The molecular weight excluding hydrogens is 330 g/mol. The standard InChI is InChI=1S/C20H23N3OS/c1-25-20-17-8-7-15(19(24)14-9-11-21-12-10-14)13-18(17)23(22-20)16-5-3-2-4-6-16/h2-8,13-14,19,21,24H,9-12H2,1H3. The Bertz CT molecular complexity index is 856. The zero-order chi connectivity index (χ0) is 17.2. The number of nitrogens with zero attached hydrogens (tertiary/aromatic N) is 2. The smallest absolute Gasteiger partial charge is 0.126 e. The van der Waals surface area contributed by atoms with Crippen LogP contribution in [0.4, 0.5) is 0 Å². The molecule has 2 N–H and O–H groups in total. The molecule has 0 aliphatic carbocycles. The summed E-state index contributed by atoms with van der Waals surface area (Å²) < 4.78 is 1.99. The van der Waals surface area contributed by atoms with Gasteiger partial charge < -0.3 is 10.4 Å². The van der Waals surface area contributed by atoms with E-state index in [1.165, 1.54) is 0 Å². The molecule has 0 spiro atoms. The van der Waals surface area contributed by atoms with Crippen molar-refractivity contribution in [3.63, 3.8) is 0 Å². The van der Waals surface area contributed by atoms with Crippen LogP contribution in [0.3, 0.4) is 0 Å². The summed E-state index contributed by atoms with van der Waals surface area (Å²) in [7, 11) is 0. The number of aliphatic hydroxyl groups is 1. The summed E-state index contributed by atoms with van der Waals surface area (Å²) in [5.41, 5.74) is 3.09. The molecule has 5 heteroatoms. The van der Waals surface area contributed by atoms with Crippen LogP contribution in [0.25, 0.3) is 16.6 Å². The largest absolute Gasteiger partial charge is 0.388 e. The lowest BCUT2D eigenvalue weighted by Crippen LogP contribution is -2.30. The number of benzene rings is 2. The van der Waals surface area contributed by atoms with E-state index in [0.29, 0.717) is 5.92 Å². The van der Waals surface area contributed by atoms with Crippen molar-refractivity contribution in [3.8, 4) is 5.69 Å². The van der Waals surface area contributed by atoms with Gasteiger partial charge in [-0.15, -0.1) is 11.8 Å². The van der Waals surface area contributed by atoms with Crippen molar-refractivity contribution in [1.82, 2.24) is 15.1 Å². The quantitative estimate of drug-likeness (QED) is 0.701. The molecular formula is C20H23N3OS. The van der Waals surface area contributed by atoms with E-state index in [4.69, 9.17) is 5.10 Å². The van der Waals surface area contributed by atoms with Crippen molar-refractivity contribution >= 4 is 22.7 Å². The SMILES string of the molecule is CSc1nn(-c2ccccc2)c2cc(C(O)C3CCNCC3)ccc12. The zero-order valence-corrected chi connectivity index (χ0v) is 15.2. The number of nitrogens with one attached hydrogen (secondary N) is 1. The summed E-state index contributed by atoms with van der Waals surface area (Å²) in [4.78, 5) is 0. The fourth-order valence-electron chi connectivity index (χ4n) is 3.64. The fraction of sp³-hybridized carbons (Fsp3) is 0.350. The zero-order valence-electron chi connectivity index (χ0n) is 14.4. The van der Waals surface area contributed by atoms with E-state index in [1.807, 2.05) is 22.9 Å². The number of aliphatic hydroxyl groups excluding tert-OH is 1. The Morgan fingerprint density at radius 3 is 2.64 bits per heavy atom. The number of hydrogen-bond acceptors (Lipinski definition) is 4. The number of para-hydroxylation sites is 1. The summed E-state index contributed by atoms with van der Waals surface area (Å²) in [6.07, 6.45) is 3.68. The first kappa shape index (κ1) is 16.6. The molecule has 1 aliphatic rings. The molecule has 2 aromatic carbocycles. The van der Waals surface area contributed by atoms with Crippen LogP contribution in [-0.2, 0) is 0 Å². The second kappa shape index (κ2) is 7.20. The van der Waals surface area contributed by atoms with Crippen LogP contribution in [0, 0.1) is 5.92 Å². The Morgan fingerprint density at radius 1 is 1.16 bits per heavy atom. The van der Waals surface area contributed by atoms with Gasteiger partial charge in [0.1, 0.15) is 5.03 Å². The maximum atomic E-state index is 10.9. The van der Waals surface area contributed by atoms with Gasteiger partial charge in [0.15, 0.2) is 0 Å². The number of piperidine rings is 1. The summed E-state index contributed by atoms with van der Waals surface area (Å²) >= 11 is 1.65. The number of rotatable bonds is 4. The fourth-order valence-corrected chi connectivity index (χ4v) is 4.19. The summed E-state index contributed by atoms with van der Waals surface area (Å²) in [5.74, 6) is 0.326. The van der Waals surface area contributed by atoms with Gasteiger partial charge in [-0.2, -0.15) is 5.10 Å². The van der Waals surface area contributed by atoms with E-state index in [-0.39, 0.29) is 0 Å². The summed E-state index contributed by atoms with van der Waals surface area (Å²) in [5, 5.41) is 21.2. The molecule has 0 saturated carbocycles. The number of fused-ring (bicyclic) bond motifs is 1. The molecule has 0 bridgehead atoms. The van der Waals surface area contributed by atoms with E-state index in [9.17, 15) is 5.11 Å². The molecule has 1 aliphatic heterocycles. The van der Waals surface area contributed by atoms with Gasteiger partial charge in [0.25, 0.3) is 0 Å². The molecule has 1 aromatic heterocycles. The Kier molecular flexibility index (Phi) is 4.79. The Morgan fingerprint density at radius 2 is 1.92 bits per heavy atom. The van der Waals surface area contributed by atoms with Gasteiger partial charge in [0, 0.05) is 5.39 Å². The van der Waals surface area contributed by atoms with E-state index in [1.54, 1.807) is 11.8 Å². The molecule has 1 saturated heterocycles. The third kappa shape index (κ3) is 3.19. The lowest BCUT2D eigenvalue weighted by Gasteiger charge is -2.27. The summed E-state index contributed by atoms with van der Waals surface area (Å²) in [6, 6.07) is 16.5. The first-order valence-corrected chi connectivity index (χ1v) is 10.0. The average molecular weight is 353 g/mol. The van der Waals surface area contributed by atoms with E-state index in [0.717, 1.165) is 53.1 Å². The number of thioether (sulfide) groups is 1. The lowest BCUT2D eigenvalue weighted by molar-refractivity contribution is 0.0890. The molecule has 4 rings (SSSR count). The highest BCUT2D eigenvalue weighted by Crippen LogP contribution is 2.33. The minimum atomic E-state index is -0.414. The highest BCUT2D eigenvalue weighted by atomic mass is 32.2. The van der Waals surface area contributed by atoms with E-state index < -0.39 is 6.10 Å². The molecule has 1 atom stereocenters. The van der Waals surface area contributed by atoms with Gasteiger partial charge in [0.2, 0.25) is 0 Å². The molecule has 130 valence electrons. The molecule has 25 heavy (non-hydrogen) atoms. The normalized spacial score (nSPS) is 17.0. The van der Waals surface area contributed by atoms with Crippen molar-refractivity contribution in [1.29, 1.82) is 0 Å². The van der Waals surface area contributed by atoms with Crippen molar-refractivity contribution in [3.05, 3.63) is 54.1 Å². The van der Waals surface area contributed by atoms with Crippen LogP contribution < -0.4 is 5.32 Å². The molecule has 1 fully saturated rings. The Balaban J connectivity index is 1.78. The molecule has 0 radical (unpaired) electrons. The maximum Gasteiger partial charge on any atom is 0.126 e. The highest BCUT2D eigenvalue weighted by molar-refractivity contribution is 7.98. The van der Waals surface area contributed by atoms with Gasteiger partial charge in [-0.25, -0.2) is 4.68 Å². The first-order valence-electron chi connectivity index (χ1n) is 8.79. The second-order valence-corrected chi connectivity index (χ2v) is 7.36. The van der Waals surface area contributed by atoms with Crippen LogP contribution in [0.2, 0.25) is 0 Å². The van der Waals surface area contributed by atoms with E-state index in [2.05, 4.69) is 41.9 Å². The van der Waals surface area contributed by atoms with Crippen LogP contribution in [0.15, 0.2) is 53.6 Å². The molecule has 1 unspecified atom stereocenters. The van der Waals surface area contributed by atoms with Crippen LogP contribution >= 0.6 is 11.8 Å². The van der Waals surface area contributed by atoms with Gasteiger partial charge in [0.05, 0.1) is 17.3 Å². The molecule has 2 heterocycles. The monoisotopic (exact) mass is 353 g/mol. The van der Waals surface area contributed by atoms with Crippen LogP contribution in [0.1, 0.15) is 24.5 Å². The summed E-state index contributed by atoms with van der Waals surface area (Å²) in [6.45, 7) is 1.98. The number of aromatic nitrogens is 2. The van der Waals surface area contributed by atoms with Crippen molar-refractivity contribution < 1.29 is 5.11 Å². The molecule has 0 amide bonds. The minimum absolute atomic E-state index is 0.326. The third-order valence-corrected chi connectivity index (χ3v) is 5.73. The van der Waals surface area contributed by atoms with Crippen molar-refractivity contribution in [2.45, 2.75) is 24.0 Å². The van der Waals surface area contributed by atoms with Crippen molar-refractivity contribution in [2.24, 2.45) is 5.92 Å².